The summed E-state index contributed by atoms with van der Waals surface area (Å²) < 4.78 is 33.1. The van der Waals surface area contributed by atoms with Crippen LogP contribution in [0.3, 0.4) is 0 Å². The minimum absolute atomic E-state index is 0.0622. The van der Waals surface area contributed by atoms with Gasteiger partial charge in [-0.3, -0.25) is 10.2 Å². The zero-order valence-corrected chi connectivity index (χ0v) is 14.5. The highest BCUT2D eigenvalue weighted by Crippen LogP contribution is 2.36. The molecule has 1 aliphatic heterocycles. The summed E-state index contributed by atoms with van der Waals surface area (Å²) in [6, 6.07) is 2.57. The molecule has 1 aromatic rings. The van der Waals surface area contributed by atoms with E-state index in [1.165, 1.54) is 12.1 Å². The maximum atomic E-state index is 14.0. The van der Waals surface area contributed by atoms with Crippen molar-refractivity contribution in [3.63, 3.8) is 0 Å². The van der Waals surface area contributed by atoms with Crippen LogP contribution in [0.5, 0.6) is 0 Å². The normalized spacial score (nSPS) is 21.8. The van der Waals surface area contributed by atoms with Crippen molar-refractivity contribution < 1.29 is 18.3 Å². The molecule has 0 aromatic heterocycles. The second-order valence-electron chi connectivity index (χ2n) is 7.28. The van der Waals surface area contributed by atoms with Gasteiger partial charge in [-0.05, 0) is 64.4 Å². The van der Waals surface area contributed by atoms with E-state index in [-0.39, 0.29) is 11.7 Å². The zero-order chi connectivity index (χ0) is 18.1. The number of hydrogen-bond acceptors (Lipinski definition) is 4. The number of likely N-dealkylation sites (tertiary alicyclic amines) is 1. The molecule has 0 saturated carbocycles. The van der Waals surface area contributed by atoms with E-state index in [0.717, 1.165) is 13.0 Å². The van der Waals surface area contributed by atoms with Crippen molar-refractivity contribution in [2.24, 2.45) is 11.7 Å². The lowest BCUT2D eigenvalue weighted by Gasteiger charge is -2.22. The number of rotatable bonds is 3. The van der Waals surface area contributed by atoms with Crippen LogP contribution in [0.1, 0.15) is 38.8 Å². The number of nitrogens with zero attached hydrogens (tertiary/aromatic N) is 1. The Morgan fingerprint density at radius 3 is 2.62 bits per heavy atom. The van der Waals surface area contributed by atoms with Gasteiger partial charge in [0.05, 0.1) is 5.69 Å². The number of hydrogen-bond donors (Lipinski definition) is 2. The van der Waals surface area contributed by atoms with Gasteiger partial charge in [-0.25, -0.2) is 13.6 Å². The second kappa shape index (κ2) is 7.03. The second-order valence-corrected chi connectivity index (χ2v) is 7.28. The Kier molecular flexibility index (Phi) is 5.45. The fourth-order valence-electron chi connectivity index (χ4n) is 2.97. The summed E-state index contributed by atoms with van der Waals surface area (Å²) in [5.41, 5.74) is 5.38. The minimum Gasteiger partial charge on any atom is -0.444 e. The molecule has 2 atom stereocenters. The number of nitrogens with one attached hydrogen (secondary N) is 1. The molecule has 24 heavy (non-hydrogen) atoms. The molecule has 7 heteroatoms. The van der Waals surface area contributed by atoms with Gasteiger partial charge < -0.3 is 10.5 Å². The number of carbonyl (C=O) groups excluding carboxylic acids is 1. The molecular formula is C17H25F2N3O2. The van der Waals surface area contributed by atoms with Crippen LogP contribution in [0.4, 0.5) is 19.3 Å². The third-order valence-electron chi connectivity index (χ3n) is 4.04. The number of nitrogens with two attached hydrogens (primary N) is 1. The average Bonchev–Trinajstić information content (AvgIpc) is 2.83. The van der Waals surface area contributed by atoms with Crippen molar-refractivity contribution >= 4 is 11.8 Å². The van der Waals surface area contributed by atoms with Crippen molar-refractivity contribution in [2.45, 2.75) is 38.8 Å². The van der Waals surface area contributed by atoms with Gasteiger partial charge in [0.25, 0.3) is 0 Å². The van der Waals surface area contributed by atoms with Crippen molar-refractivity contribution in [1.82, 2.24) is 4.90 Å². The van der Waals surface area contributed by atoms with Crippen LogP contribution >= 0.6 is 0 Å². The van der Waals surface area contributed by atoms with Crippen LogP contribution in [-0.2, 0) is 4.74 Å². The topological polar surface area (TPSA) is 67.6 Å². The van der Waals surface area contributed by atoms with Gasteiger partial charge >= 0.3 is 6.09 Å². The van der Waals surface area contributed by atoms with Crippen LogP contribution in [0, 0.1) is 17.6 Å². The molecular weight excluding hydrogens is 316 g/mol. The molecule has 0 aliphatic carbocycles. The maximum Gasteiger partial charge on any atom is 0.412 e. The van der Waals surface area contributed by atoms with Gasteiger partial charge in [-0.15, -0.1) is 0 Å². The lowest BCUT2D eigenvalue weighted by Crippen LogP contribution is -2.27. The van der Waals surface area contributed by atoms with Gasteiger partial charge in [0.1, 0.15) is 5.60 Å². The van der Waals surface area contributed by atoms with Crippen LogP contribution < -0.4 is 11.1 Å². The molecule has 0 spiro atoms. The molecule has 134 valence electrons. The Bertz CT molecular complexity index is 617. The van der Waals surface area contributed by atoms with Crippen LogP contribution in [0.25, 0.3) is 0 Å². The molecule has 1 amide bonds. The molecule has 1 aliphatic rings. The highest BCUT2D eigenvalue weighted by Gasteiger charge is 2.31. The van der Waals surface area contributed by atoms with Crippen molar-refractivity contribution in [3.05, 3.63) is 29.3 Å². The highest BCUT2D eigenvalue weighted by molar-refractivity contribution is 5.85. The third-order valence-corrected chi connectivity index (χ3v) is 4.04. The quantitative estimate of drug-likeness (QED) is 0.885. The van der Waals surface area contributed by atoms with Crippen LogP contribution in [0.15, 0.2) is 12.1 Å². The SMILES string of the molecule is CN1CC(CN)CC1c1cc(F)c(F)c(NC(=O)OC(C)(C)C)c1. The van der Waals surface area contributed by atoms with E-state index in [2.05, 4.69) is 10.2 Å². The largest absolute Gasteiger partial charge is 0.444 e. The molecule has 1 saturated heterocycles. The standard InChI is InChI=1S/C17H25F2N3O2/c1-17(2,3)24-16(23)21-13-7-11(6-12(18)15(13)19)14-5-10(8-20)9-22(14)4/h6-7,10,14H,5,8-9,20H2,1-4H3,(H,21,23). The van der Waals surface area contributed by atoms with Gasteiger partial charge in [0.15, 0.2) is 11.6 Å². The Morgan fingerprint density at radius 1 is 1.42 bits per heavy atom. The van der Waals surface area contributed by atoms with Gasteiger partial charge in [0, 0.05) is 12.6 Å². The number of benzene rings is 1. The molecule has 2 unspecified atom stereocenters. The summed E-state index contributed by atoms with van der Waals surface area (Å²) in [6.07, 6.45) is -0.0539. The molecule has 5 nitrogen and oxygen atoms in total. The first-order chi connectivity index (χ1) is 11.1. The smallest absolute Gasteiger partial charge is 0.412 e. The van der Waals surface area contributed by atoms with Gasteiger partial charge in [0.2, 0.25) is 0 Å². The monoisotopic (exact) mass is 341 g/mol. The molecule has 0 radical (unpaired) electrons. The Labute approximate surface area is 141 Å². The van der Waals surface area contributed by atoms with E-state index in [9.17, 15) is 13.6 Å². The zero-order valence-electron chi connectivity index (χ0n) is 14.5. The summed E-state index contributed by atoms with van der Waals surface area (Å²) in [5.74, 6) is -1.78. The predicted molar refractivity (Wildman–Crippen MR) is 88.7 cm³/mol. The fourth-order valence-corrected chi connectivity index (χ4v) is 2.97. The molecule has 1 heterocycles. The summed E-state index contributed by atoms with van der Waals surface area (Å²) in [4.78, 5) is 13.9. The fraction of sp³-hybridized carbons (Fsp3) is 0.588. The number of halogens is 2. The first-order valence-corrected chi connectivity index (χ1v) is 8.00. The predicted octanol–water partition coefficient (Wildman–Crippen LogP) is 3.26. The van der Waals surface area contributed by atoms with Crippen molar-refractivity contribution in [1.29, 1.82) is 0 Å². The number of anilines is 1. The molecule has 3 N–H and O–H groups in total. The Morgan fingerprint density at radius 2 is 2.08 bits per heavy atom. The summed E-state index contributed by atoms with van der Waals surface area (Å²) >= 11 is 0. The van der Waals surface area contributed by atoms with E-state index in [4.69, 9.17) is 10.5 Å². The van der Waals surface area contributed by atoms with E-state index >= 15 is 0 Å². The summed E-state index contributed by atoms with van der Waals surface area (Å²) in [5, 5.41) is 2.29. The molecule has 1 aromatic carbocycles. The number of ether oxygens (including phenoxy) is 1. The lowest BCUT2D eigenvalue weighted by molar-refractivity contribution is 0.0635. The average molecular weight is 341 g/mol. The molecule has 1 fully saturated rings. The van der Waals surface area contributed by atoms with Gasteiger partial charge in [-0.2, -0.15) is 0 Å². The third kappa shape index (κ3) is 4.42. The number of carbonyl (C=O) groups is 1. The number of amides is 1. The minimum atomic E-state index is -1.10. The Balaban J connectivity index is 2.24. The highest BCUT2D eigenvalue weighted by atomic mass is 19.2. The van der Waals surface area contributed by atoms with E-state index in [1.54, 1.807) is 20.8 Å². The summed E-state index contributed by atoms with van der Waals surface area (Å²) in [7, 11) is 1.92. The molecule has 2 rings (SSSR count). The maximum absolute atomic E-state index is 14.0. The van der Waals surface area contributed by atoms with E-state index < -0.39 is 23.3 Å². The Hall–Kier alpha value is -1.73. The van der Waals surface area contributed by atoms with E-state index in [1.807, 2.05) is 7.05 Å². The molecule has 0 bridgehead atoms. The first kappa shape index (κ1) is 18.6. The van der Waals surface area contributed by atoms with Gasteiger partial charge in [-0.1, -0.05) is 0 Å². The van der Waals surface area contributed by atoms with Crippen LogP contribution in [-0.4, -0.2) is 36.7 Å². The first-order valence-electron chi connectivity index (χ1n) is 8.00. The van der Waals surface area contributed by atoms with Crippen molar-refractivity contribution in [2.75, 3.05) is 25.5 Å². The van der Waals surface area contributed by atoms with Crippen molar-refractivity contribution in [3.8, 4) is 0 Å². The summed E-state index contributed by atoms with van der Waals surface area (Å²) in [6.45, 7) is 6.43. The van der Waals surface area contributed by atoms with Crippen LogP contribution in [0.2, 0.25) is 0 Å². The van der Waals surface area contributed by atoms with E-state index in [0.29, 0.717) is 18.0 Å². The lowest BCUT2D eigenvalue weighted by atomic mass is 9.99.